The maximum atomic E-state index is 12.3. The van der Waals surface area contributed by atoms with Gasteiger partial charge < -0.3 is 14.4 Å². The van der Waals surface area contributed by atoms with Gasteiger partial charge in [0.15, 0.2) is 18.1 Å². The van der Waals surface area contributed by atoms with E-state index in [2.05, 4.69) is 12.1 Å². The van der Waals surface area contributed by atoms with Gasteiger partial charge in [-0.2, -0.15) is 5.26 Å². The third-order valence-electron chi connectivity index (χ3n) is 3.85. The third-order valence-corrected chi connectivity index (χ3v) is 4.60. The number of ether oxygens (including phenoxy) is 2. The first-order valence-corrected chi connectivity index (χ1v) is 9.53. The molecule has 0 aliphatic heterocycles. The lowest BCUT2D eigenvalue weighted by Crippen LogP contribution is -2.24. The van der Waals surface area contributed by atoms with Crippen LogP contribution in [0.5, 0.6) is 11.5 Å². The van der Waals surface area contributed by atoms with E-state index < -0.39 is 0 Å². The van der Waals surface area contributed by atoms with Crippen molar-refractivity contribution in [3.05, 3.63) is 59.7 Å². The maximum absolute atomic E-state index is 12.3. The predicted molar refractivity (Wildman–Crippen MR) is 108 cm³/mol. The smallest absolute Gasteiger partial charge is 0.246 e. The lowest BCUT2D eigenvalue weighted by atomic mass is 10.1. The molecule has 5 nitrogen and oxygen atoms in total. The first kappa shape index (κ1) is 20.4. The first-order valence-electron chi connectivity index (χ1n) is 8.31. The Hall–Kier alpha value is -2.91. The van der Waals surface area contributed by atoms with E-state index >= 15 is 0 Å². The number of hydrogen-bond acceptors (Lipinski definition) is 5. The number of methoxy groups -OCH3 is 1. The van der Waals surface area contributed by atoms with Crippen molar-refractivity contribution in [1.82, 2.24) is 4.90 Å². The number of likely N-dealkylation sites (N-methyl/N-ethyl adjacent to an activating group) is 1. The third kappa shape index (κ3) is 6.08. The molecule has 0 atom stereocenters. The summed E-state index contributed by atoms with van der Waals surface area (Å²) in [6.07, 6.45) is 5.29. The molecule has 0 unspecified atom stereocenters. The zero-order valence-corrected chi connectivity index (χ0v) is 16.5. The Labute approximate surface area is 164 Å². The van der Waals surface area contributed by atoms with Gasteiger partial charge in [-0.3, -0.25) is 4.79 Å². The molecule has 6 heteroatoms. The molecule has 2 rings (SSSR count). The number of nitrogens with zero attached hydrogens (tertiary/aromatic N) is 2. The fourth-order valence-electron chi connectivity index (χ4n) is 2.39. The molecule has 1 amide bonds. The van der Waals surface area contributed by atoms with E-state index in [0.717, 1.165) is 11.1 Å². The highest BCUT2D eigenvalue weighted by molar-refractivity contribution is 7.98. The van der Waals surface area contributed by atoms with Gasteiger partial charge in [-0.15, -0.1) is 11.8 Å². The van der Waals surface area contributed by atoms with Crippen molar-refractivity contribution in [2.45, 2.75) is 11.4 Å². The van der Waals surface area contributed by atoms with Crippen LogP contribution in [0, 0.1) is 11.3 Å². The van der Waals surface area contributed by atoms with Crippen LogP contribution in [0.3, 0.4) is 0 Å². The molecule has 2 aromatic carbocycles. The van der Waals surface area contributed by atoms with Gasteiger partial charge in [-0.25, -0.2) is 0 Å². The monoisotopic (exact) mass is 382 g/mol. The predicted octanol–water partition coefficient (Wildman–Crippen LogP) is 3.99. The van der Waals surface area contributed by atoms with Crippen molar-refractivity contribution < 1.29 is 14.3 Å². The quantitative estimate of drug-likeness (QED) is 0.510. The highest BCUT2D eigenvalue weighted by atomic mass is 32.2. The summed E-state index contributed by atoms with van der Waals surface area (Å²) in [5.74, 6) is 0.920. The Morgan fingerprint density at radius 1 is 1.22 bits per heavy atom. The van der Waals surface area contributed by atoms with Crippen molar-refractivity contribution in [3.8, 4) is 17.6 Å². The van der Waals surface area contributed by atoms with Crippen LogP contribution in [0.25, 0.3) is 6.08 Å². The second-order valence-electron chi connectivity index (χ2n) is 5.73. The molecule has 27 heavy (non-hydrogen) atoms. The zero-order valence-electron chi connectivity index (χ0n) is 15.6. The van der Waals surface area contributed by atoms with Crippen LogP contribution in [0.4, 0.5) is 0 Å². The van der Waals surface area contributed by atoms with Crippen molar-refractivity contribution in [1.29, 1.82) is 5.26 Å². The SMILES string of the molecule is COc1cc(/C=C/C(=O)N(C)Cc2ccc(SC)cc2)ccc1OCC#N. The minimum Gasteiger partial charge on any atom is -0.493 e. The van der Waals surface area contributed by atoms with Crippen LogP contribution in [-0.4, -0.2) is 37.8 Å². The summed E-state index contributed by atoms with van der Waals surface area (Å²) in [6, 6.07) is 15.4. The molecule has 0 fully saturated rings. The fourth-order valence-corrected chi connectivity index (χ4v) is 2.80. The van der Waals surface area contributed by atoms with E-state index in [-0.39, 0.29) is 12.5 Å². The van der Waals surface area contributed by atoms with Gasteiger partial charge in [-0.1, -0.05) is 18.2 Å². The van der Waals surface area contributed by atoms with Gasteiger partial charge >= 0.3 is 0 Å². The maximum Gasteiger partial charge on any atom is 0.246 e. The van der Waals surface area contributed by atoms with Gasteiger partial charge in [0.1, 0.15) is 6.07 Å². The van der Waals surface area contributed by atoms with Crippen molar-refractivity contribution in [3.63, 3.8) is 0 Å². The number of carbonyl (C=O) groups excluding carboxylic acids is 1. The number of rotatable bonds is 8. The topological polar surface area (TPSA) is 62.6 Å². The molecule has 140 valence electrons. The van der Waals surface area contributed by atoms with Gasteiger partial charge in [0, 0.05) is 24.6 Å². The van der Waals surface area contributed by atoms with Gasteiger partial charge in [0.05, 0.1) is 7.11 Å². The minimum absolute atomic E-state index is 0.0489. The molecule has 0 aliphatic rings. The molecule has 0 spiro atoms. The first-order chi connectivity index (χ1) is 13.1. The Morgan fingerprint density at radius 2 is 1.96 bits per heavy atom. The lowest BCUT2D eigenvalue weighted by molar-refractivity contribution is -0.125. The molecule has 0 saturated heterocycles. The molecule has 0 aliphatic carbocycles. The van der Waals surface area contributed by atoms with E-state index in [9.17, 15) is 4.79 Å². The number of hydrogen-bond donors (Lipinski definition) is 0. The van der Waals surface area contributed by atoms with Crippen LogP contribution in [0.15, 0.2) is 53.4 Å². The van der Waals surface area contributed by atoms with Crippen LogP contribution < -0.4 is 9.47 Å². The largest absolute Gasteiger partial charge is 0.493 e. The Balaban J connectivity index is 2.01. The van der Waals surface area contributed by atoms with E-state index in [1.807, 2.05) is 24.5 Å². The number of thioether (sulfide) groups is 1. The molecule has 0 bridgehead atoms. The van der Waals surface area contributed by atoms with Crippen LogP contribution in [0.2, 0.25) is 0 Å². The normalized spacial score (nSPS) is 10.4. The summed E-state index contributed by atoms with van der Waals surface area (Å²) in [6.45, 7) is 0.495. The molecule has 2 aromatic rings. The zero-order chi connectivity index (χ0) is 19.6. The van der Waals surface area contributed by atoms with Crippen LogP contribution in [0.1, 0.15) is 11.1 Å². The second kappa shape index (κ2) is 10.3. The van der Waals surface area contributed by atoms with E-state index in [4.69, 9.17) is 14.7 Å². The number of benzene rings is 2. The Morgan fingerprint density at radius 3 is 2.59 bits per heavy atom. The van der Waals surface area contributed by atoms with Crippen molar-refractivity contribution in [2.75, 3.05) is 27.0 Å². The molecular formula is C21H22N2O3S. The molecule has 0 N–H and O–H groups in total. The summed E-state index contributed by atoms with van der Waals surface area (Å²) in [4.78, 5) is 15.2. The number of nitriles is 1. The molecule has 0 aromatic heterocycles. The average molecular weight is 382 g/mol. The highest BCUT2D eigenvalue weighted by Crippen LogP contribution is 2.28. The fraction of sp³-hybridized carbons (Fsp3) is 0.238. The summed E-state index contributed by atoms with van der Waals surface area (Å²) in [5, 5.41) is 8.60. The van der Waals surface area contributed by atoms with Gasteiger partial charge in [0.2, 0.25) is 5.91 Å². The Bertz CT molecular complexity index is 841. The summed E-state index contributed by atoms with van der Waals surface area (Å²) < 4.78 is 10.6. The van der Waals surface area contributed by atoms with Gasteiger partial charge in [-0.05, 0) is 47.7 Å². The standard InChI is InChI=1S/C21H22N2O3S/c1-23(15-17-4-8-18(27-3)9-5-17)21(24)11-7-16-6-10-19(26-13-12-22)20(14-16)25-2/h4-11,14H,13,15H2,1-3H3/b11-7+. The lowest BCUT2D eigenvalue weighted by Gasteiger charge is -2.15. The molecule has 0 radical (unpaired) electrons. The van der Waals surface area contributed by atoms with Crippen LogP contribution >= 0.6 is 11.8 Å². The van der Waals surface area contributed by atoms with E-state index in [1.54, 1.807) is 48.0 Å². The minimum atomic E-state index is -0.0901. The van der Waals surface area contributed by atoms with Crippen molar-refractivity contribution in [2.24, 2.45) is 0 Å². The van der Waals surface area contributed by atoms with E-state index in [1.165, 1.54) is 18.1 Å². The van der Waals surface area contributed by atoms with Gasteiger partial charge in [0.25, 0.3) is 0 Å². The van der Waals surface area contributed by atoms with Crippen molar-refractivity contribution >= 4 is 23.7 Å². The second-order valence-corrected chi connectivity index (χ2v) is 6.61. The highest BCUT2D eigenvalue weighted by Gasteiger charge is 2.07. The summed E-state index contributed by atoms with van der Waals surface area (Å²) in [5.41, 5.74) is 1.89. The Kier molecular flexibility index (Phi) is 7.78. The molecule has 0 heterocycles. The number of carbonyl (C=O) groups is 1. The average Bonchev–Trinajstić information content (AvgIpc) is 2.71. The summed E-state index contributed by atoms with van der Waals surface area (Å²) >= 11 is 1.69. The van der Waals surface area contributed by atoms with E-state index in [0.29, 0.717) is 18.0 Å². The molecular weight excluding hydrogens is 360 g/mol. The summed E-state index contributed by atoms with van der Waals surface area (Å²) in [7, 11) is 3.30. The molecule has 0 saturated carbocycles. The number of amides is 1. The van der Waals surface area contributed by atoms with Crippen LogP contribution in [-0.2, 0) is 11.3 Å².